The second kappa shape index (κ2) is 7.29. The van der Waals surface area contributed by atoms with Crippen LogP contribution < -0.4 is 5.32 Å². The van der Waals surface area contributed by atoms with Crippen molar-refractivity contribution in [1.82, 2.24) is 5.32 Å². The third-order valence-electron chi connectivity index (χ3n) is 3.78. The lowest BCUT2D eigenvalue weighted by Crippen LogP contribution is -2.35. The maximum atomic E-state index is 5.49. The molecule has 1 aliphatic rings. The van der Waals surface area contributed by atoms with Crippen LogP contribution in [0.1, 0.15) is 40.5 Å². The number of nitrogens with one attached hydrogen (secondary N) is 1. The fourth-order valence-electron chi connectivity index (χ4n) is 2.66. The first-order chi connectivity index (χ1) is 7.61. The molecule has 0 radical (unpaired) electrons. The predicted molar refractivity (Wildman–Crippen MR) is 69.6 cm³/mol. The highest BCUT2D eigenvalue weighted by molar-refractivity contribution is 4.72. The van der Waals surface area contributed by atoms with Crippen LogP contribution in [0, 0.1) is 23.7 Å². The zero-order valence-corrected chi connectivity index (χ0v) is 11.5. The zero-order valence-electron chi connectivity index (χ0n) is 11.5. The number of rotatable bonds is 6. The molecule has 1 saturated heterocycles. The summed E-state index contributed by atoms with van der Waals surface area (Å²) in [7, 11) is 0. The van der Waals surface area contributed by atoms with Crippen LogP contribution in [0.2, 0.25) is 0 Å². The summed E-state index contributed by atoms with van der Waals surface area (Å²) in [6.07, 6.45) is 2.57. The Kier molecular flexibility index (Phi) is 6.37. The van der Waals surface area contributed by atoms with E-state index in [4.69, 9.17) is 4.74 Å². The molecule has 0 aliphatic carbocycles. The molecule has 2 nitrogen and oxygen atoms in total. The molecule has 96 valence electrons. The molecular weight excluding hydrogens is 198 g/mol. The Hall–Kier alpha value is -0.0800. The second-order valence-electron chi connectivity index (χ2n) is 5.89. The van der Waals surface area contributed by atoms with E-state index in [0.29, 0.717) is 0 Å². The Balaban J connectivity index is 2.16. The molecule has 0 aromatic rings. The average molecular weight is 227 g/mol. The number of ether oxygens (including phenoxy) is 1. The maximum Gasteiger partial charge on any atom is 0.0506 e. The SMILES string of the molecule is CC(C)C(CNCC1CCCOC1)C(C)C. The summed E-state index contributed by atoms with van der Waals surface area (Å²) in [5, 5.41) is 3.64. The van der Waals surface area contributed by atoms with Crippen molar-refractivity contribution in [1.29, 1.82) is 0 Å². The minimum absolute atomic E-state index is 0.744. The molecular formula is C14H29NO. The smallest absolute Gasteiger partial charge is 0.0506 e. The van der Waals surface area contributed by atoms with Crippen LogP contribution >= 0.6 is 0 Å². The molecule has 16 heavy (non-hydrogen) atoms. The lowest BCUT2D eigenvalue weighted by atomic mass is 9.85. The first-order valence-electron chi connectivity index (χ1n) is 6.89. The molecule has 1 unspecified atom stereocenters. The zero-order chi connectivity index (χ0) is 12.0. The summed E-state index contributed by atoms with van der Waals surface area (Å²) in [5.74, 6) is 3.09. The van der Waals surface area contributed by atoms with E-state index in [2.05, 4.69) is 33.0 Å². The van der Waals surface area contributed by atoms with Gasteiger partial charge in [-0.1, -0.05) is 27.7 Å². The van der Waals surface area contributed by atoms with Crippen LogP contribution in [0.3, 0.4) is 0 Å². The third-order valence-corrected chi connectivity index (χ3v) is 3.78. The topological polar surface area (TPSA) is 21.3 Å². The van der Waals surface area contributed by atoms with E-state index in [-0.39, 0.29) is 0 Å². The Labute approximate surface area is 101 Å². The van der Waals surface area contributed by atoms with Crippen LogP contribution in [-0.2, 0) is 4.74 Å². The Morgan fingerprint density at radius 3 is 2.38 bits per heavy atom. The molecule has 1 N–H and O–H groups in total. The molecule has 1 aliphatic heterocycles. The molecule has 0 amide bonds. The van der Waals surface area contributed by atoms with Crippen LogP contribution in [0.15, 0.2) is 0 Å². The largest absolute Gasteiger partial charge is 0.381 e. The van der Waals surface area contributed by atoms with Crippen molar-refractivity contribution in [2.75, 3.05) is 26.3 Å². The number of hydrogen-bond acceptors (Lipinski definition) is 2. The van der Waals surface area contributed by atoms with Crippen LogP contribution in [0.5, 0.6) is 0 Å². The molecule has 1 fully saturated rings. The van der Waals surface area contributed by atoms with Crippen molar-refractivity contribution in [2.45, 2.75) is 40.5 Å². The van der Waals surface area contributed by atoms with Crippen LogP contribution in [0.25, 0.3) is 0 Å². The van der Waals surface area contributed by atoms with Gasteiger partial charge in [-0.25, -0.2) is 0 Å². The highest BCUT2D eigenvalue weighted by Gasteiger charge is 2.18. The summed E-state index contributed by atoms with van der Waals surface area (Å²) in [4.78, 5) is 0. The highest BCUT2D eigenvalue weighted by atomic mass is 16.5. The Morgan fingerprint density at radius 2 is 1.88 bits per heavy atom. The van der Waals surface area contributed by atoms with Crippen LogP contribution in [-0.4, -0.2) is 26.3 Å². The van der Waals surface area contributed by atoms with Gasteiger partial charge in [-0.15, -0.1) is 0 Å². The average Bonchev–Trinajstić information content (AvgIpc) is 2.24. The molecule has 2 heteroatoms. The van der Waals surface area contributed by atoms with Crippen LogP contribution in [0.4, 0.5) is 0 Å². The van der Waals surface area contributed by atoms with Gasteiger partial charge >= 0.3 is 0 Å². The summed E-state index contributed by atoms with van der Waals surface area (Å²) in [5.41, 5.74) is 0. The monoisotopic (exact) mass is 227 g/mol. The lowest BCUT2D eigenvalue weighted by molar-refractivity contribution is 0.0540. The van der Waals surface area contributed by atoms with Gasteiger partial charge in [0, 0.05) is 13.2 Å². The minimum atomic E-state index is 0.744. The maximum absolute atomic E-state index is 5.49. The van der Waals surface area contributed by atoms with Crippen molar-refractivity contribution >= 4 is 0 Å². The molecule has 0 aromatic carbocycles. The third kappa shape index (κ3) is 4.84. The lowest BCUT2D eigenvalue weighted by Gasteiger charge is -2.27. The van der Waals surface area contributed by atoms with Gasteiger partial charge in [-0.05, 0) is 43.1 Å². The van der Waals surface area contributed by atoms with Crippen molar-refractivity contribution in [3.8, 4) is 0 Å². The van der Waals surface area contributed by atoms with Crippen molar-refractivity contribution in [2.24, 2.45) is 23.7 Å². The van der Waals surface area contributed by atoms with E-state index in [0.717, 1.165) is 50.0 Å². The van der Waals surface area contributed by atoms with Crippen molar-refractivity contribution in [3.63, 3.8) is 0 Å². The van der Waals surface area contributed by atoms with Gasteiger partial charge in [0.2, 0.25) is 0 Å². The van der Waals surface area contributed by atoms with E-state index < -0.39 is 0 Å². The molecule has 1 atom stereocenters. The quantitative estimate of drug-likeness (QED) is 0.753. The minimum Gasteiger partial charge on any atom is -0.381 e. The van der Waals surface area contributed by atoms with E-state index >= 15 is 0 Å². The van der Waals surface area contributed by atoms with Gasteiger partial charge in [0.15, 0.2) is 0 Å². The van der Waals surface area contributed by atoms with E-state index in [1.54, 1.807) is 0 Å². The Morgan fingerprint density at radius 1 is 1.19 bits per heavy atom. The number of hydrogen-bond donors (Lipinski definition) is 1. The Bertz CT molecular complexity index is 166. The van der Waals surface area contributed by atoms with Gasteiger partial charge in [-0.3, -0.25) is 0 Å². The molecule has 0 saturated carbocycles. The van der Waals surface area contributed by atoms with E-state index in [1.807, 2.05) is 0 Å². The van der Waals surface area contributed by atoms with Gasteiger partial charge in [0.25, 0.3) is 0 Å². The first kappa shape index (κ1) is 14.0. The molecule has 1 heterocycles. The van der Waals surface area contributed by atoms with Gasteiger partial charge in [0.1, 0.15) is 0 Å². The summed E-state index contributed by atoms with van der Waals surface area (Å²) < 4.78 is 5.49. The summed E-state index contributed by atoms with van der Waals surface area (Å²) in [6.45, 7) is 13.5. The highest BCUT2D eigenvalue weighted by Crippen LogP contribution is 2.19. The molecule has 1 rings (SSSR count). The van der Waals surface area contributed by atoms with E-state index in [9.17, 15) is 0 Å². The molecule has 0 aromatic heterocycles. The van der Waals surface area contributed by atoms with Gasteiger partial charge in [-0.2, -0.15) is 0 Å². The summed E-state index contributed by atoms with van der Waals surface area (Å²) >= 11 is 0. The standard InChI is InChI=1S/C14H29NO/c1-11(2)14(12(3)4)9-15-8-13-6-5-7-16-10-13/h11-15H,5-10H2,1-4H3. The fourth-order valence-corrected chi connectivity index (χ4v) is 2.66. The van der Waals surface area contributed by atoms with Crippen molar-refractivity contribution < 1.29 is 4.74 Å². The first-order valence-corrected chi connectivity index (χ1v) is 6.89. The fraction of sp³-hybridized carbons (Fsp3) is 1.00. The molecule has 0 bridgehead atoms. The molecule has 0 spiro atoms. The summed E-state index contributed by atoms with van der Waals surface area (Å²) in [6, 6.07) is 0. The van der Waals surface area contributed by atoms with Gasteiger partial charge < -0.3 is 10.1 Å². The second-order valence-corrected chi connectivity index (χ2v) is 5.89. The predicted octanol–water partition coefficient (Wildman–Crippen LogP) is 2.93. The van der Waals surface area contributed by atoms with E-state index in [1.165, 1.54) is 12.8 Å². The van der Waals surface area contributed by atoms with Gasteiger partial charge in [0.05, 0.1) is 6.61 Å². The van der Waals surface area contributed by atoms with Crippen molar-refractivity contribution in [3.05, 3.63) is 0 Å². The normalized spacial score (nSPS) is 22.3.